The minimum absolute atomic E-state index is 0. The molecule has 0 atom stereocenters. The Morgan fingerprint density at radius 2 is 2.00 bits per heavy atom. The predicted octanol–water partition coefficient (Wildman–Crippen LogP) is 1.96. The van der Waals surface area contributed by atoms with Crippen molar-refractivity contribution in [3.05, 3.63) is 0 Å². The van der Waals surface area contributed by atoms with Crippen LogP contribution in [0.1, 0.15) is 39.5 Å². The van der Waals surface area contributed by atoms with Gasteiger partial charge in [-0.25, -0.2) is 0 Å². The van der Waals surface area contributed by atoms with Crippen molar-refractivity contribution in [2.75, 3.05) is 20.1 Å². The fraction of sp³-hybridized carbons (Fsp3) is 0.917. The lowest BCUT2D eigenvalue weighted by molar-refractivity contribution is -0.121. The summed E-state index contributed by atoms with van der Waals surface area (Å²) in [6, 6.07) is 0. The van der Waals surface area contributed by atoms with Gasteiger partial charge in [0.2, 0.25) is 5.91 Å². The predicted molar refractivity (Wildman–Crippen MR) is 69.9 cm³/mol. The number of hydrogen-bond acceptors (Lipinski definition) is 2. The van der Waals surface area contributed by atoms with E-state index in [-0.39, 0.29) is 18.3 Å². The molecule has 0 saturated heterocycles. The molecule has 0 unspecified atom stereocenters. The van der Waals surface area contributed by atoms with Crippen LogP contribution in [0.3, 0.4) is 0 Å². The maximum atomic E-state index is 11.3. The summed E-state index contributed by atoms with van der Waals surface area (Å²) < 4.78 is 0. The smallest absolute Gasteiger partial charge is 0.233 e. The van der Waals surface area contributed by atoms with Gasteiger partial charge in [0.25, 0.3) is 0 Å². The Morgan fingerprint density at radius 3 is 2.38 bits per heavy atom. The van der Waals surface area contributed by atoms with Crippen molar-refractivity contribution in [1.82, 2.24) is 10.6 Å². The van der Waals surface area contributed by atoms with Crippen LogP contribution in [0.4, 0.5) is 0 Å². The summed E-state index contributed by atoms with van der Waals surface area (Å²) in [4.78, 5) is 11.3. The summed E-state index contributed by atoms with van der Waals surface area (Å²) in [6.07, 6.45) is 5.14. The Kier molecular flexibility index (Phi) is 7.00. The van der Waals surface area contributed by atoms with Gasteiger partial charge in [0.15, 0.2) is 0 Å². The third-order valence-corrected chi connectivity index (χ3v) is 3.25. The van der Waals surface area contributed by atoms with Crippen molar-refractivity contribution in [2.45, 2.75) is 39.5 Å². The summed E-state index contributed by atoms with van der Waals surface area (Å²) in [5.74, 6) is 0.846. The molecule has 0 aromatic rings. The van der Waals surface area contributed by atoms with Gasteiger partial charge in [-0.15, -0.1) is 12.4 Å². The highest BCUT2D eigenvalue weighted by atomic mass is 35.5. The third-order valence-electron chi connectivity index (χ3n) is 3.25. The molecule has 1 fully saturated rings. The number of rotatable bonds is 6. The lowest BCUT2D eigenvalue weighted by Crippen LogP contribution is -2.44. The number of hydrogen-bond donors (Lipinski definition) is 2. The van der Waals surface area contributed by atoms with Gasteiger partial charge in [-0.05, 0) is 37.6 Å². The first-order valence-corrected chi connectivity index (χ1v) is 5.99. The first-order chi connectivity index (χ1) is 7.08. The lowest BCUT2D eigenvalue weighted by atomic mass is 9.64. The minimum Gasteiger partial charge on any atom is -0.354 e. The van der Waals surface area contributed by atoms with E-state index in [0.717, 1.165) is 12.5 Å². The minimum atomic E-state index is 0. The third kappa shape index (κ3) is 4.71. The molecule has 0 aromatic carbocycles. The molecule has 0 aromatic heterocycles. The number of carbonyl (C=O) groups is 1. The zero-order valence-corrected chi connectivity index (χ0v) is 11.5. The highest BCUT2D eigenvalue weighted by Crippen LogP contribution is 2.45. The van der Waals surface area contributed by atoms with Gasteiger partial charge in [-0.2, -0.15) is 0 Å². The van der Waals surface area contributed by atoms with E-state index in [0.29, 0.717) is 12.0 Å². The van der Waals surface area contributed by atoms with Gasteiger partial charge in [-0.3, -0.25) is 4.79 Å². The molecule has 1 aliphatic rings. The van der Waals surface area contributed by atoms with Gasteiger partial charge >= 0.3 is 0 Å². The van der Waals surface area contributed by atoms with E-state index in [4.69, 9.17) is 0 Å². The summed E-state index contributed by atoms with van der Waals surface area (Å²) in [5.41, 5.74) is 0.414. The van der Waals surface area contributed by atoms with E-state index >= 15 is 0 Å². The van der Waals surface area contributed by atoms with Gasteiger partial charge in [-0.1, -0.05) is 20.3 Å². The van der Waals surface area contributed by atoms with E-state index < -0.39 is 0 Å². The van der Waals surface area contributed by atoms with Crippen molar-refractivity contribution in [2.24, 2.45) is 11.3 Å². The molecule has 1 aliphatic carbocycles. The van der Waals surface area contributed by atoms with E-state index in [1.54, 1.807) is 7.05 Å². The average molecular weight is 249 g/mol. The topological polar surface area (TPSA) is 41.1 Å². The number of likely N-dealkylation sites (N-methyl/N-ethyl adjacent to an activating group) is 1. The van der Waals surface area contributed by atoms with Gasteiger partial charge in [0.1, 0.15) is 0 Å². The number of nitrogens with one attached hydrogen (secondary N) is 2. The standard InChI is InChI=1S/C12H24N2O.ClH/c1-10(2)7-12(5-4-6-12)9-14-11(15)8-13-3;/h10,13H,4-9H2,1-3H3,(H,14,15);1H. The van der Waals surface area contributed by atoms with Crippen LogP contribution in [0, 0.1) is 11.3 Å². The normalized spacial score (nSPS) is 17.5. The fourth-order valence-electron chi connectivity index (χ4n) is 2.51. The zero-order valence-electron chi connectivity index (χ0n) is 10.6. The summed E-state index contributed by atoms with van der Waals surface area (Å²) >= 11 is 0. The molecule has 1 amide bonds. The van der Waals surface area contributed by atoms with Crippen molar-refractivity contribution < 1.29 is 4.79 Å². The molecular weight excluding hydrogens is 224 g/mol. The summed E-state index contributed by atoms with van der Waals surface area (Å²) in [7, 11) is 1.80. The molecule has 0 aliphatic heterocycles. The molecule has 0 heterocycles. The maximum absolute atomic E-state index is 11.3. The SMILES string of the molecule is CNCC(=O)NCC1(CC(C)C)CCC1.Cl. The highest BCUT2D eigenvalue weighted by molar-refractivity contribution is 5.85. The summed E-state index contributed by atoms with van der Waals surface area (Å²) in [5, 5.41) is 5.90. The van der Waals surface area contributed by atoms with Crippen LogP contribution in [0.5, 0.6) is 0 Å². The summed E-state index contributed by atoms with van der Waals surface area (Å²) in [6.45, 7) is 5.81. The van der Waals surface area contributed by atoms with E-state index in [2.05, 4.69) is 24.5 Å². The van der Waals surface area contributed by atoms with E-state index in [1.165, 1.54) is 25.7 Å². The first-order valence-electron chi connectivity index (χ1n) is 5.99. The van der Waals surface area contributed by atoms with Crippen LogP contribution < -0.4 is 10.6 Å². The monoisotopic (exact) mass is 248 g/mol. The van der Waals surface area contributed by atoms with E-state index in [1.807, 2.05) is 0 Å². The second kappa shape index (κ2) is 7.13. The molecule has 0 spiro atoms. The highest BCUT2D eigenvalue weighted by Gasteiger charge is 2.37. The number of amides is 1. The van der Waals surface area contributed by atoms with Gasteiger partial charge in [0, 0.05) is 6.54 Å². The number of carbonyl (C=O) groups excluding carboxylic acids is 1. The van der Waals surface area contributed by atoms with Crippen molar-refractivity contribution in [3.63, 3.8) is 0 Å². The average Bonchev–Trinajstić information content (AvgIpc) is 2.09. The van der Waals surface area contributed by atoms with Crippen LogP contribution >= 0.6 is 12.4 Å². The Hall–Kier alpha value is -0.280. The molecular formula is C12H25ClN2O. The molecule has 1 saturated carbocycles. The second-order valence-electron chi connectivity index (χ2n) is 5.26. The number of halogens is 1. The molecule has 3 nitrogen and oxygen atoms in total. The Labute approximate surface area is 105 Å². The maximum Gasteiger partial charge on any atom is 0.233 e. The second-order valence-corrected chi connectivity index (χ2v) is 5.26. The largest absolute Gasteiger partial charge is 0.354 e. The van der Waals surface area contributed by atoms with Crippen LogP contribution in [0.15, 0.2) is 0 Å². The van der Waals surface area contributed by atoms with Gasteiger partial charge < -0.3 is 10.6 Å². The van der Waals surface area contributed by atoms with Crippen molar-refractivity contribution in [3.8, 4) is 0 Å². The van der Waals surface area contributed by atoms with Crippen LogP contribution in [0.2, 0.25) is 0 Å². The Morgan fingerprint density at radius 1 is 1.38 bits per heavy atom. The molecule has 0 radical (unpaired) electrons. The quantitative estimate of drug-likeness (QED) is 0.755. The lowest BCUT2D eigenvalue weighted by Gasteiger charge is -2.43. The molecule has 16 heavy (non-hydrogen) atoms. The first kappa shape index (κ1) is 15.7. The molecule has 96 valence electrons. The molecule has 4 heteroatoms. The van der Waals surface area contributed by atoms with Gasteiger partial charge in [0.05, 0.1) is 6.54 Å². The molecule has 1 rings (SSSR count). The van der Waals surface area contributed by atoms with Crippen LogP contribution in [-0.4, -0.2) is 26.0 Å². The van der Waals surface area contributed by atoms with E-state index in [9.17, 15) is 4.79 Å². The Balaban J connectivity index is 0.00000225. The molecule has 0 bridgehead atoms. The fourth-order valence-corrected chi connectivity index (χ4v) is 2.51. The van der Waals surface area contributed by atoms with Crippen molar-refractivity contribution in [1.29, 1.82) is 0 Å². The molecule has 2 N–H and O–H groups in total. The zero-order chi connectivity index (χ0) is 11.3. The van der Waals surface area contributed by atoms with Crippen LogP contribution in [-0.2, 0) is 4.79 Å². The Bertz CT molecular complexity index is 215. The van der Waals surface area contributed by atoms with Crippen molar-refractivity contribution >= 4 is 18.3 Å². The van der Waals surface area contributed by atoms with Crippen LogP contribution in [0.25, 0.3) is 0 Å².